The van der Waals surface area contributed by atoms with Crippen molar-refractivity contribution in [1.29, 1.82) is 0 Å². The molecule has 9 heteroatoms. The van der Waals surface area contributed by atoms with Crippen LogP contribution in [0.5, 0.6) is 0 Å². The molecular weight excluding hydrogens is 501 g/mol. The molecule has 0 bridgehead atoms. The molecule has 1 saturated heterocycles. The van der Waals surface area contributed by atoms with Crippen LogP contribution in [0.25, 0.3) is 0 Å². The molecule has 0 aliphatic carbocycles. The molecule has 0 radical (unpaired) electrons. The first-order valence-electron chi connectivity index (χ1n) is 9.58. The lowest BCUT2D eigenvalue weighted by molar-refractivity contribution is 0.311. The van der Waals surface area contributed by atoms with E-state index in [1.807, 2.05) is 43.2 Å². The molecule has 0 unspecified atom stereocenters. The van der Waals surface area contributed by atoms with Crippen molar-refractivity contribution in [3.8, 4) is 0 Å². The average molecular weight is 532 g/mol. The maximum atomic E-state index is 6.10. The highest BCUT2D eigenvalue weighted by Gasteiger charge is 2.18. The number of halogens is 2. The number of aryl methyl sites for hydroxylation is 1. The number of rotatable bonds is 5. The zero-order valence-electron chi connectivity index (χ0n) is 17.6. The first kappa shape index (κ1) is 23.8. The van der Waals surface area contributed by atoms with Crippen LogP contribution in [-0.2, 0) is 20.1 Å². The smallest absolute Gasteiger partial charge is 0.194 e. The average Bonchev–Trinajstić information content (AvgIpc) is 3.00. The minimum Gasteiger partial charge on any atom is -0.354 e. The van der Waals surface area contributed by atoms with Gasteiger partial charge >= 0.3 is 0 Å². The van der Waals surface area contributed by atoms with Crippen molar-refractivity contribution in [3.63, 3.8) is 0 Å². The number of anilines is 1. The van der Waals surface area contributed by atoms with E-state index in [1.54, 1.807) is 7.05 Å². The van der Waals surface area contributed by atoms with Gasteiger partial charge in [0.15, 0.2) is 5.96 Å². The van der Waals surface area contributed by atoms with Gasteiger partial charge in [-0.1, -0.05) is 17.7 Å². The monoisotopic (exact) mass is 531 g/mol. The maximum Gasteiger partial charge on any atom is 0.194 e. The van der Waals surface area contributed by atoms with E-state index in [0.717, 1.165) is 55.2 Å². The Morgan fingerprint density at radius 3 is 2.62 bits per heavy atom. The lowest BCUT2D eigenvalue weighted by Crippen LogP contribution is -2.45. The predicted octanol–water partition coefficient (Wildman–Crippen LogP) is 2.65. The van der Waals surface area contributed by atoms with Crippen LogP contribution in [0.1, 0.15) is 11.3 Å². The molecule has 160 valence electrons. The highest BCUT2D eigenvalue weighted by Crippen LogP contribution is 2.19. The van der Waals surface area contributed by atoms with Gasteiger partial charge in [-0.3, -0.25) is 4.99 Å². The molecule has 1 aliphatic rings. The van der Waals surface area contributed by atoms with Gasteiger partial charge in [0, 0.05) is 77.5 Å². The fourth-order valence-corrected chi connectivity index (χ4v) is 3.74. The number of aromatic nitrogens is 2. The van der Waals surface area contributed by atoms with Crippen LogP contribution < -0.4 is 10.2 Å². The number of hydrogen-bond donors (Lipinski definition) is 1. The van der Waals surface area contributed by atoms with Crippen molar-refractivity contribution in [2.75, 3.05) is 52.2 Å². The molecule has 1 aliphatic heterocycles. The highest BCUT2D eigenvalue weighted by atomic mass is 127. The van der Waals surface area contributed by atoms with E-state index in [-0.39, 0.29) is 24.0 Å². The molecule has 7 nitrogen and oxygen atoms in total. The second-order valence-electron chi connectivity index (χ2n) is 7.29. The van der Waals surface area contributed by atoms with Gasteiger partial charge in [0.2, 0.25) is 0 Å². The Kier molecular flexibility index (Phi) is 9.04. The van der Waals surface area contributed by atoms with Crippen LogP contribution in [0.2, 0.25) is 5.02 Å². The van der Waals surface area contributed by atoms with Crippen LogP contribution in [-0.4, -0.2) is 72.6 Å². The van der Waals surface area contributed by atoms with E-state index in [2.05, 4.69) is 43.1 Å². The second-order valence-corrected chi connectivity index (χ2v) is 7.73. The summed E-state index contributed by atoms with van der Waals surface area (Å²) in [4.78, 5) is 15.9. The number of nitrogens with one attached hydrogen (secondary N) is 1. The number of pyridine rings is 1. The van der Waals surface area contributed by atoms with Gasteiger partial charge in [-0.2, -0.15) is 0 Å². The molecule has 29 heavy (non-hydrogen) atoms. The molecule has 0 aromatic carbocycles. The first-order valence-corrected chi connectivity index (χ1v) is 9.95. The quantitative estimate of drug-likeness (QED) is 0.365. The SMILES string of the molecule is CN=C(NCc1cccnc1N1CCN(C)CC1)N(C)Cc1cc(Cl)cn1C.I. The van der Waals surface area contributed by atoms with E-state index in [9.17, 15) is 0 Å². The van der Waals surface area contributed by atoms with Gasteiger partial charge in [-0.25, -0.2) is 4.98 Å². The molecule has 1 N–H and O–H groups in total. The Morgan fingerprint density at radius 1 is 1.28 bits per heavy atom. The van der Waals surface area contributed by atoms with Gasteiger partial charge < -0.3 is 24.6 Å². The molecule has 0 amide bonds. The summed E-state index contributed by atoms with van der Waals surface area (Å²) in [5, 5.41) is 4.23. The molecule has 0 atom stereocenters. The van der Waals surface area contributed by atoms with Crippen LogP contribution in [0, 0.1) is 0 Å². The Balaban J connectivity index is 0.00000300. The molecule has 0 saturated carbocycles. The summed E-state index contributed by atoms with van der Waals surface area (Å²) in [6.45, 7) is 5.54. The summed E-state index contributed by atoms with van der Waals surface area (Å²) in [5.41, 5.74) is 2.32. The summed E-state index contributed by atoms with van der Waals surface area (Å²) in [6, 6.07) is 6.12. The van der Waals surface area contributed by atoms with Crippen LogP contribution in [0.15, 0.2) is 35.6 Å². The van der Waals surface area contributed by atoms with Crippen molar-refractivity contribution < 1.29 is 0 Å². The number of aliphatic imine (C=N–C) groups is 1. The third kappa shape index (κ3) is 6.23. The van der Waals surface area contributed by atoms with Crippen LogP contribution in [0.3, 0.4) is 0 Å². The number of guanidine groups is 1. The zero-order valence-corrected chi connectivity index (χ0v) is 20.7. The van der Waals surface area contributed by atoms with E-state index in [0.29, 0.717) is 6.54 Å². The number of nitrogens with zero attached hydrogens (tertiary/aromatic N) is 6. The topological polar surface area (TPSA) is 51.9 Å². The van der Waals surface area contributed by atoms with Crippen molar-refractivity contribution >= 4 is 47.4 Å². The predicted molar refractivity (Wildman–Crippen MR) is 131 cm³/mol. The Labute approximate surface area is 195 Å². The van der Waals surface area contributed by atoms with Crippen molar-refractivity contribution in [2.24, 2.45) is 12.0 Å². The molecular formula is C20H31ClIN7. The number of piperazine rings is 1. The Bertz CT molecular complexity index is 815. The number of likely N-dealkylation sites (N-methyl/N-ethyl adjacent to an activating group) is 1. The minimum atomic E-state index is 0. The van der Waals surface area contributed by atoms with Gasteiger partial charge in [0.25, 0.3) is 0 Å². The fraction of sp³-hybridized carbons (Fsp3) is 0.500. The van der Waals surface area contributed by atoms with Gasteiger partial charge in [0.05, 0.1) is 11.6 Å². The largest absolute Gasteiger partial charge is 0.354 e. The lowest BCUT2D eigenvalue weighted by atomic mass is 10.2. The standard InChI is InChI=1S/C20H30ClN7.HI/c1-22-20(27(4)15-18-12-17(21)14-26(18)3)24-13-16-6-5-7-23-19(16)28-10-8-25(2)9-11-28;/h5-7,12,14H,8-11,13,15H2,1-4H3,(H,22,24);1H. The normalized spacial score (nSPS) is 15.2. The number of hydrogen-bond acceptors (Lipinski definition) is 4. The molecule has 3 heterocycles. The summed E-state index contributed by atoms with van der Waals surface area (Å²) < 4.78 is 2.04. The minimum absolute atomic E-state index is 0. The van der Waals surface area contributed by atoms with Crippen molar-refractivity contribution in [3.05, 3.63) is 46.9 Å². The molecule has 2 aromatic rings. The van der Waals surface area contributed by atoms with Gasteiger partial charge in [0.1, 0.15) is 5.82 Å². The maximum absolute atomic E-state index is 6.10. The van der Waals surface area contributed by atoms with Crippen molar-refractivity contribution in [1.82, 2.24) is 24.7 Å². The van der Waals surface area contributed by atoms with E-state index >= 15 is 0 Å². The zero-order chi connectivity index (χ0) is 20.1. The van der Waals surface area contributed by atoms with Crippen molar-refractivity contribution in [2.45, 2.75) is 13.1 Å². The molecule has 1 fully saturated rings. The van der Waals surface area contributed by atoms with Gasteiger partial charge in [-0.15, -0.1) is 24.0 Å². The second kappa shape index (κ2) is 11.0. The van der Waals surface area contributed by atoms with E-state index in [4.69, 9.17) is 11.6 Å². The summed E-state index contributed by atoms with van der Waals surface area (Å²) in [5.74, 6) is 1.90. The van der Waals surface area contributed by atoms with Gasteiger partial charge in [-0.05, 0) is 19.2 Å². The molecule has 3 rings (SSSR count). The van der Waals surface area contributed by atoms with Crippen LogP contribution in [0.4, 0.5) is 5.82 Å². The fourth-order valence-electron chi connectivity index (χ4n) is 3.47. The third-order valence-electron chi connectivity index (χ3n) is 5.15. The summed E-state index contributed by atoms with van der Waals surface area (Å²) >= 11 is 6.10. The summed E-state index contributed by atoms with van der Waals surface area (Å²) in [7, 11) is 8.00. The van der Waals surface area contributed by atoms with E-state index < -0.39 is 0 Å². The van der Waals surface area contributed by atoms with Crippen LogP contribution >= 0.6 is 35.6 Å². The molecule has 0 spiro atoms. The Morgan fingerprint density at radius 2 is 2.00 bits per heavy atom. The van der Waals surface area contributed by atoms with E-state index in [1.165, 1.54) is 5.56 Å². The first-order chi connectivity index (χ1) is 13.5. The summed E-state index contributed by atoms with van der Waals surface area (Å²) in [6.07, 6.45) is 3.79. The highest BCUT2D eigenvalue weighted by molar-refractivity contribution is 14.0. The molecule has 2 aromatic heterocycles. The Hall–Kier alpha value is -1.52. The lowest BCUT2D eigenvalue weighted by Gasteiger charge is -2.34. The third-order valence-corrected chi connectivity index (χ3v) is 5.36.